The molecule has 154 valence electrons. The molecule has 0 aliphatic carbocycles. The maximum Gasteiger partial charge on any atom is 0.335 e. The Hall–Kier alpha value is -4.37. The van der Waals surface area contributed by atoms with Crippen LogP contribution in [0.25, 0.3) is 6.08 Å². The molecule has 0 radical (unpaired) electrons. The number of carboxylic acids is 1. The van der Waals surface area contributed by atoms with E-state index in [2.05, 4.69) is 5.32 Å². The lowest BCUT2D eigenvalue weighted by Gasteiger charge is -2.07. The van der Waals surface area contributed by atoms with Crippen molar-refractivity contribution in [2.45, 2.75) is 13.5 Å². The number of benzene rings is 3. The van der Waals surface area contributed by atoms with Crippen LogP contribution < -0.4 is 10.1 Å². The van der Waals surface area contributed by atoms with Gasteiger partial charge in [0.05, 0.1) is 5.56 Å². The molecular weight excluding hydrogens is 392 g/mol. The molecule has 0 saturated heterocycles. The Labute approximate surface area is 180 Å². The molecule has 3 rings (SSSR count). The zero-order valence-corrected chi connectivity index (χ0v) is 16.8. The summed E-state index contributed by atoms with van der Waals surface area (Å²) in [6, 6.07) is 22.7. The Morgan fingerprint density at radius 1 is 1.06 bits per heavy atom. The molecule has 0 saturated carbocycles. The van der Waals surface area contributed by atoms with Gasteiger partial charge in [0.25, 0.3) is 5.91 Å². The van der Waals surface area contributed by atoms with E-state index in [1.165, 1.54) is 18.2 Å². The van der Waals surface area contributed by atoms with Gasteiger partial charge in [-0.25, -0.2) is 4.79 Å². The first kappa shape index (κ1) is 21.3. The fraction of sp³-hybridized carbons (Fsp3) is 0.0800. The van der Waals surface area contributed by atoms with Crippen molar-refractivity contribution in [3.63, 3.8) is 0 Å². The normalized spacial score (nSPS) is 10.8. The first-order chi connectivity index (χ1) is 14.9. The van der Waals surface area contributed by atoms with Gasteiger partial charge in [-0.3, -0.25) is 4.79 Å². The maximum absolute atomic E-state index is 12.4. The number of ether oxygens (including phenoxy) is 1. The van der Waals surface area contributed by atoms with E-state index in [4.69, 9.17) is 9.84 Å². The van der Waals surface area contributed by atoms with Crippen LogP contribution in [0.4, 0.5) is 5.69 Å². The van der Waals surface area contributed by atoms with Crippen LogP contribution in [0.15, 0.2) is 78.4 Å². The molecule has 0 bridgehead atoms. The van der Waals surface area contributed by atoms with E-state index in [-0.39, 0.29) is 17.7 Å². The topological polar surface area (TPSA) is 99.4 Å². The standard InChI is InChI=1S/C25H20N2O4/c1-17-3-2-4-22(13-17)27-24(28)21(15-26)14-18-7-11-23(12-8-18)31-16-19-5-9-20(10-6-19)25(29)30/h2-14H,16H2,1H3,(H,27,28)(H,29,30)/b21-14+. The second-order valence-corrected chi connectivity index (χ2v) is 6.85. The lowest BCUT2D eigenvalue weighted by Crippen LogP contribution is -2.13. The summed E-state index contributed by atoms with van der Waals surface area (Å²) in [6.45, 7) is 2.21. The molecular formula is C25H20N2O4. The number of nitrogens with one attached hydrogen (secondary N) is 1. The van der Waals surface area contributed by atoms with Crippen molar-refractivity contribution in [3.8, 4) is 11.8 Å². The van der Waals surface area contributed by atoms with E-state index < -0.39 is 11.9 Å². The van der Waals surface area contributed by atoms with Crippen LogP contribution in [0.1, 0.15) is 27.0 Å². The zero-order chi connectivity index (χ0) is 22.2. The third-order valence-corrected chi connectivity index (χ3v) is 4.44. The summed E-state index contributed by atoms with van der Waals surface area (Å²) in [7, 11) is 0. The monoisotopic (exact) mass is 412 g/mol. The van der Waals surface area contributed by atoms with E-state index in [0.29, 0.717) is 17.0 Å². The van der Waals surface area contributed by atoms with Crippen molar-refractivity contribution in [1.82, 2.24) is 0 Å². The third-order valence-electron chi connectivity index (χ3n) is 4.44. The Bertz CT molecular complexity index is 1160. The van der Waals surface area contributed by atoms with Gasteiger partial charge in [0.2, 0.25) is 0 Å². The fourth-order valence-corrected chi connectivity index (χ4v) is 2.81. The highest BCUT2D eigenvalue weighted by Gasteiger charge is 2.10. The van der Waals surface area contributed by atoms with Crippen molar-refractivity contribution in [3.05, 3.63) is 101 Å². The van der Waals surface area contributed by atoms with Crippen LogP contribution in [0.2, 0.25) is 0 Å². The lowest BCUT2D eigenvalue weighted by atomic mass is 10.1. The van der Waals surface area contributed by atoms with Crippen molar-refractivity contribution >= 4 is 23.6 Å². The van der Waals surface area contributed by atoms with Crippen LogP contribution in [-0.2, 0) is 11.4 Å². The molecule has 0 aromatic heterocycles. The third kappa shape index (κ3) is 6.05. The maximum atomic E-state index is 12.4. The number of rotatable bonds is 7. The number of anilines is 1. The highest BCUT2D eigenvalue weighted by molar-refractivity contribution is 6.09. The van der Waals surface area contributed by atoms with Gasteiger partial charge < -0.3 is 15.2 Å². The molecule has 0 fully saturated rings. The Balaban J connectivity index is 1.62. The molecule has 0 atom stereocenters. The number of aromatic carboxylic acids is 1. The summed E-state index contributed by atoms with van der Waals surface area (Å²) in [5, 5.41) is 21.0. The van der Waals surface area contributed by atoms with E-state index in [0.717, 1.165) is 11.1 Å². The second kappa shape index (κ2) is 9.90. The number of hydrogen-bond acceptors (Lipinski definition) is 4. The van der Waals surface area contributed by atoms with E-state index in [1.807, 2.05) is 31.2 Å². The van der Waals surface area contributed by atoms with Crippen molar-refractivity contribution in [2.75, 3.05) is 5.32 Å². The van der Waals surface area contributed by atoms with Gasteiger partial charge in [0.1, 0.15) is 24.0 Å². The van der Waals surface area contributed by atoms with Crippen LogP contribution >= 0.6 is 0 Å². The highest BCUT2D eigenvalue weighted by atomic mass is 16.5. The summed E-state index contributed by atoms with van der Waals surface area (Å²) in [6.07, 6.45) is 1.51. The van der Waals surface area contributed by atoms with Gasteiger partial charge >= 0.3 is 5.97 Å². The quantitative estimate of drug-likeness (QED) is 0.428. The molecule has 31 heavy (non-hydrogen) atoms. The molecule has 3 aromatic rings. The van der Waals surface area contributed by atoms with Crippen molar-refractivity contribution < 1.29 is 19.4 Å². The molecule has 3 aromatic carbocycles. The minimum atomic E-state index is -0.972. The minimum Gasteiger partial charge on any atom is -0.489 e. The average molecular weight is 412 g/mol. The first-order valence-electron chi connectivity index (χ1n) is 9.49. The summed E-state index contributed by atoms with van der Waals surface area (Å²) in [5.41, 5.74) is 3.39. The summed E-state index contributed by atoms with van der Waals surface area (Å²) in [4.78, 5) is 23.3. The molecule has 1 amide bonds. The Morgan fingerprint density at radius 2 is 1.77 bits per heavy atom. The van der Waals surface area contributed by atoms with Crippen LogP contribution in [0.5, 0.6) is 5.75 Å². The van der Waals surface area contributed by atoms with E-state index in [9.17, 15) is 14.9 Å². The van der Waals surface area contributed by atoms with Crippen molar-refractivity contribution in [1.29, 1.82) is 5.26 Å². The van der Waals surface area contributed by atoms with Gasteiger partial charge in [-0.15, -0.1) is 0 Å². The smallest absolute Gasteiger partial charge is 0.335 e. The van der Waals surface area contributed by atoms with Gasteiger partial charge in [-0.1, -0.05) is 36.4 Å². The molecule has 6 heteroatoms. The minimum absolute atomic E-state index is 0.00584. The summed E-state index contributed by atoms with van der Waals surface area (Å²) < 4.78 is 5.70. The number of amides is 1. The number of carbonyl (C=O) groups excluding carboxylic acids is 1. The zero-order valence-electron chi connectivity index (χ0n) is 16.8. The summed E-state index contributed by atoms with van der Waals surface area (Å²) >= 11 is 0. The molecule has 0 unspecified atom stereocenters. The van der Waals surface area contributed by atoms with Gasteiger partial charge in [0.15, 0.2) is 0 Å². The molecule has 0 aliphatic rings. The Kier molecular flexibility index (Phi) is 6.82. The number of carbonyl (C=O) groups is 2. The largest absolute Gasteiger partial charge is 0.489 e. The molecule has 6 nitrogen and oxygen atoms in total. The molecule has 2 N–H and O–H groups in total. The fourth-order valence-electron chi connectivity index (χ4n) is 2.81. The molecule has 0 heterocycles. The molecule has 0 spiro atoms. The first-order valence-corrected chi connectivity index (χ1v) is 9.49. The average Bonchev–Trinajstić information content (AvgIpc) is 2.77. The Morgan fingerprint density at radius 3 is 2.39 bits per heavy atom. The van der Waals surface area contributed by atoms with Crippen LogP contribution in [-0.4, -0.2) is 17.0 Å². The van der Waals surface area contributed by atoms with Gasteiger partial charge in [-0.2, -0.15) is 5.26 Å². The summed E-state index contributed by atoms with van der Waals surface area (Å²) in [5.74, 6) is -0.833. The van der Waals surface area contributed by atoms with E-state index in [1.54, 1.807) is 42.5 Å². The number of nitrogens with zero attached hydrogens (tertiary/aromatic N) is 1. The van der Waals surface area contributed by atoms with Crippen molar-refractivity contribution in [2.24, 2.45) is 0 Å². The predicted octanol–water partition coefficient (Wildman–Crippen LogP) is 4.82. The number of hydrogen-bond donors (Lipinski definition) is 2. The molecule has 0 aliphatic heterocycles. The highest BCUT2D eigenvalue weighted by Crippen LogP contribution is 2.17. The predicted molar refractivity (Wildman–Crippen MR) is 118 cm³/mol. The number of nitriles is 1. The van der Waals surface area contributed by atoms with Crippen LogP contribution in [0, 0.1) is 18.3 Å². The SMILES string of the molecule is Cc1cccc(NC(=O)/C(C#N)=C/c2ccc(OCc3ccc(C(=O)O)cc3)cc2)c1. The number of aryl methyl sites for hydroxylation is 1. The lowest BCUT2D eigenvalue weighted by molar-refractivity contribution is -0.112. The van der Waals surface area contributed by atoms with E-state index >= 15 is 0 Å². The second-order valence-electron chi connectivity index (χ2n) is 6.85. The van der Waals surface area contributed by atoms with Gasteiger partial charge in [-0.05, 0) is 66.1 Å². The van der Waals surface area contributed by atoms with Gasteiger partial charge in [0, 0.05) is 5.69 Å². The van der Waals surface area contributed by atoms with Crippen LogP contribution in [0.3, 0.4) is 0 Å². The number of carboxylic acid groups (broad SMARTS) is 1.